The molecule has 0 radical (unpaired) electrons. The third-order valence-corrected chi connectivity index (χ3v) is 4.17. The largest absolute Gasteiger partial charge is 0.437 e. The number of benzene rings is 1. The first-order valence-corrected chi connectivity index (χ1v) is 8.40. The van der Waals surface area contributed by atoms with Gasteiger partial charge in [0, 0.05) is 12.3 Å². The van der Waals surface area contributed by atoms with Gasteiger partial charge in [0.05, 0.1) is 10.7 Å². The number of nitrogens with one attached hydrogen (secondary N) is 1. The molecule has 152 valence electrons. The molecule has 0 unspecified atom stereocenters. The van der Waals surface area contributed by atoms with Crippen LogP contribution in [-0.2, 0) is 11.0 Å². The molecule has 1 aliphatic heterocycles. The lowest BCUT2D eigenvalue weighted by Gasteiger charge is -2.17. The van der Waals surface area contributed by atoms with Gasteiger partial charge in [-0.25, -0.2) is 19.1 Å². The highest BCUT2D eigenvalue weighted by Gasteiger charge is 2.38. The Balaban J connectivity index is 2.06. The summed E-state index contributed by atoms with van der Waals surface area (Å²) in [4.78, 5) is 28.6. The summed E-state index contributed by atoms with van der Waals surface area (Å²) < 4.78 is 59.0. The summed E-state index contributed by atoms with van der Waals surface area (Å²) in [5, 5.41) is 1.93. The number of hydrogen-bond acceptors (Lipinski definition) is 4. The van der Waals surface area contributed by atoms with Gasteiger partial charge in [0.25, 0.3) is 5.91 Å². The van der Waals surface area contributed by atoms with Crippen LogP contribution in [0.15, 0.2) is 41.7 Å². The summed E-state index contributed by atoms with van der Waals surface area (Å²) in [6.45, 7) is 3.15. The zero-order valence-corrected chi connectivity index (χ0v) is 15.7. The number of urea groups is 1. The van der Waals surface area contributed by atoms with Crippen molar-refractivity contribution < 1.29 is 31.9 Å². The summed E-state index contributed by atoms with van der Waals surface area (Å²) >= 11 is 5.89. The molecule has 1 saturated heterocycles. The molecule has 1 aromatic heterocycles. The van der Waals surface area contributed by atoms with Crippen molar-refractivity contribution in [1.29, 1.82) is 0 Å². The number of nitrogens with zero attached hydrogens (tertiary/aromatic N) is 2. The first kappa shape index (κ1) is 20.6. The Morgan fingerprint density at radius 2 is 1.93 bits per heavy atom. The molecule has 2 aromatic rings. The van der Waals surface area contributed by atoms with E-state index in [0.29, 0.717) is 10.5 Å². The molecule has 11 heteroatoms. The van der Waals surface area contributed by atoms with Gasteiger partial charge in [-0.1, -0.05) is 11.6 Å². The number of amides is 3. The minimum atomic E-state index is -4.76. The quantitative estimate of drug-likeness (QED) is 0.422. The van der Waals surface area contributed by atoms with Crippen molar-refractivity contribution in [1.82, 2.24) is 10.3 Å². The van der Waals surface area contributed by atoms with E-state index < -0.39 is 46.8 Å². The number of ether oxygens (including phenoxy) is 1. The molecule has 29 heavy (non-hydrogen) atoms. The third kappa shape index (κ3) is 3.88. The van der Waals surface area contributed by atoms with Crippen LogP contribution in [0.1, 0.15) is 19.4 Å². The van der Waals surface area contributed by atoms with Crippen LogP contribution in [0.25, 0.3) is 0 Å². The Morgan fingerprint density at radius 3 is 2.52 bits per heavy atom. The number of allylic oxidation sites excluding steroid dienone is 1. The Bertz CT molecular complexity index is 1050. The van der Waals surface area contributed by atoms with Gasteiger partial charge in [-0.05, 0) is 37.6 Å². The number of rotatable bonds is 3. The summed E-state index contributed by atoms with van der Waals surface area (Å²) in [7, 11) is 0. The molecule has 1 fully saturated rings. The Hall–Kier alpha value is -3.14. The van der Waals surface area contributed by atoms with Crippen LogP contribution in [-0.4, -0.2) is 16.9 Å². The number of hydrogen-bond donors (Lipinski definition) is 1. The highest BCUT2D eigenvalue weighted by Crippen LogP contribution is 2.40. The number of carbonyl (C=O) groups is 2. The van der Waals surface area contributed by atoms with Crippen molar-refractivity contribution in [3.8, 4) is 11.6 Å². The average molecular weight is 430 g/mol. The summed E-state index contributed by atoms with van der Waals surface area (Å²) in [6.07, 6.45) is -3.69. The fourth-order valence-electron chi connectivity index (χ4n) is 2.54. The second kappa shape index (κ2) is 7.36. The molecule has 0 aliphatic carbocycles. The van der Waals surface area contributed by atoms with Crippen LogP contribution in [0.4, 0.5) is 28.0 Å². The van der Waals surface area contributed by atoms with Crippen molar-refractivity contribution in [3.05, 3.63) is 58.1 Å². The van der Waals surface area contributed by atoms with Gasteiger partial charge in [-0.3, -0.25) is 4.79 Å². The second-order valence-electron chi connectivity index (χ2n) is 6.14. The van der Waals surface area contributed by atoms with Crippen molar-refractivity contribution in [2.45, 2.75) is 20.0 Å². The predicted octanol–water partition coefficient (Wildman–Crippen LogP) is 5.04. The van der Waals surface area contributed by atoms with E-state index in [-0.39, 0.29) is 10.7 Å². The van der Waals surface area contributed by atoms with Crippen LogP contribution >= 0.6 is 11.6 Å². The van der Waals surface area contributed by atoms with Crippen molar-refractivity contribution in [2.24, 2.45) is 0 Å². The minimum Gasteiger partial charge on any atom is -0.437 e. The number of carbonyl (C=O) groups excluding carboxylic acids is 2. The third-order valence-electron chi connectivity index (χ3n) is 3.88. The monoisotopic (exact) mass is 429 g/mol. The van der Waals surface area contributed by atoms with Crippen molar-refractivity contribution >= 4 is 29.2 Å². The topological polar surface area (TPSA) is 71.5 Å². The van der Waals surface area contributed by atoms with Gasteiger partial charge in [-0.2, -0.15) is 13.2 Å². The molecule has 2 heterocycles. The maximum atomic E-state index is 14.4. The highest BCUT2D eigenvalue weighted by atomic mass is 35.5. The number of alkyl halides is 3. The zero-order chi connectivity index (χ0) is 21.5. The predicted molar refractivity (Wildman–Crippen MR) is 95.1 cm³/mol. The standard InChI is InChI=1S/C18H12ClF4N3O3/c1-8(2)14-16(27)26(17(28)25-14)12-7-13(10(19)6-11(12)20)29-15-9(18(21,22)23)4-3-5-24-15/h3-7H,1-2H3,(H,25,28). The summed E-state index contributed by atoms with van der Waals surface area (Å²) in [5.41, 5.74) is -1.26. The van der Waals surface area contributed by atoms with Crippen LogP contribution in [0.2, 0.25) is 5.02 Å². The fourth-order valence-corrected chi connectivity index (χ4v) is 2.73. The van der Waals surface area contributed by atoms with Crippen molar-refractivity contribution in [3.63, 3.8) is 0 Å². The number of aromatic nitrogens is 1. The first-order chi connectivity index (χ1) is 13.5. The van der Waals surface area contributed by atoms with E-state index in [0.717, 1.165) is 30.5 Å². The molecule has 0 bridgehead atoms. The molecule has 6 nitrogen and oxygen atoms in total. The minimum absolute atomic E-state index is 0.0316. The van der Waals surface area contributed by atoms with Crippen LogP contribution in [0.5, 0.6) is 11.6 Å². The fraction of sp³-hybridized carbons (Fsp3) is 0.167. The lowest BCUT2D eigenvalue weighted by atomic mass is 10.2. The van der Waals surface area contributed by atoms with Gasteiger partial charge in [0.1, 0.15) is 22.8 Å². The van der Waals surface area contributed by atoms with Crippen LogP contribution < -0.4 is 15.0 Å². The van der Waals surface area contributed by atoms with E-state index in [2.05, 4.69) is 10.3 Å². The normalized spacial score (nSPS) is 14.3. The average Bonchev–Trinajstić information content (AvgIpc) is 2.92. The Labute approximate surface area is 166 Å². The molecular weight excluding hydrogens is 418 g/mol. The Morgan fingerprint density at radius 1 is 1.24 bits per heavy atom. The van der Waals surface area contributed by atoms with Gasteiger partial charge >= 0.3 is 12.2 Å². The SMILES string of the molecule is CC(C)=C1NC(=O)N(c2cc(Oc3ncccc3C(F)(F)F)c(Cl)cc2F)C1=O. The van der Waals surface area contributed by atoms with E-state index >= 15 is 0 Å². The van der Waals surface area contributed by atoms with E-state index in [9.17, 15) is 27.2 Å². The molecule has 1 aromatic carbocycles. The molecule has 0 saturated carbocycles. The second-order valence-corrected chi connectivity index (χ2v) is 6.54. The lowest BCUT2D eigenvalue weighted by molar-refractivity contribution is -0.138. The van der Waals surface area contributed by atoms with E-state index in [1.165, 1.54) is 0 Å². The summed E-state index contributed by atoms with van der Waals surface area (Å²) in [5.74, 6) is -3.10. The molecule has 0 spiro atoms. The molecule has 3 amide bonds. The smallest absolute Gasteiger partial charge is 0.421 e. The van der Waals surface area contributed by atoms with E-state index in [1.807, 2.05) is 0 Å². The number of anilines is 1. The zero-order valence-electron chi connectivity index (χ0n) is 14.9. The molecular formula is C18H12ClF4N3O3. The van der Waals surface area contributed by atoms with Gasteiger partial charge in [0.2, 0.25) is 5.88 Å². The van der Waals surface area contributed by atoms with Crippen LogP contribution in [0.3, 0.4) is 0 Å². The van der Waals surface area contributed by atoms with E-state index in [1.54, 1.807) is 13.8 Å². The molecule has 0 atom stereocenters. The van der Waals surface area contributed by atoms with E-state index in [4.69, 9.17) is 16.3 Å². The maximum absolute atomic E-state index is 14.4. The van der Waals surface area contributed by atoms with Crippen LogP contribution in [0, 0.1) is 5.82 Å². The Kier molecular flexibility index (Phi) is 5.22. The summed E-state index contributed by atoms with van der Waals surface area (Å²) in [6, 6.07) is 2.48. The number of halogens is 5. The lowest BCUT2D eigenvalue weighted by Crippen LogP contribution is -2.31. The highest BCUT2D eigenvalue weighted by molar-refractivity contribution is 6.32. The molecule has 3 rings (SSSR count). The van der Waals surface area contributed by atoms with Crippen molar-refractivity contribution in [2.75, 3.05) is 4.90 Å². The van der Waals surface area contributed by atoms with Gasteiger partial charge in [-0.15, -0.1) is 0 Å². The number of pyridine rings is 1. The number of imide groups is 1. The molecule has 1 aliphatic rings. The molecule has 1 N–H and O–H groups in total. The maximum Gasteiger partial charge on any atom is 0.421 e. The van der Waals surface area contributed by atoms with Gasteiger partial charge in [0.15, 0.2) is 0 Å². The first-order valence-electron chi connectivity index (χ1n) is 8.02. The van der Waals surface area contributed by atoms with Gasteiger partial charge < -0.3 is 10.1 Å².